The number of benzene rings is 2. The van der Waals surface area contributed by atoms with Crippen molar-refractivity contribution in [3.8, 4) is 5.75 Å². The third kappa shape index (κ3) is 6.05. The summed E-state index contributed by atoms with van der Waals surface area (Å²) in [7, 11) is 0. The van der Waals surface area contributed by atoms with Gasteiger partial charge in [-0.05, 0) is 59.9 Å². The zero-order valence-electron chi connectivity index (χ0n) is 18.6. The summed E-state index contributed by atoms with van der Waals surface area (Å²) in [5, 5.41) is 7.83. The van der Waals surface area contributed by atoms with Crippen LogP contribution in [0.5, 0.6) is 5.75 Å². The van der Waals surface area contributed by atoms with Gasteiger partial charge in [0.15, 0.2) is 11.6 Å². The van der Waals surface area contributed by atoms with Crippen LogP contribution in [0.25, 0.3) is 0 Å². The maximum atomic E-state index is 12.5. The van der Waals surface area contributed by atoms with Crippen LogP contribution in [0.2, 0.25) is 5.02 Å². The molecule has 1 amide bonds. The highest BCUT2D eigenvalue weighted by Gasteiger charge is 2.13. The van der Waals surface area contributed by atoms with Crippen molar-refractivity contribution in [1.82, 2.24) is 9.78 Å². The van der Waals surface area contributed by atoms with Crippen LogP contribution in [-0.2, 0) is 13.2 Å². The summed E-state index contributed by atoms with van der Waals surface area (Å²) in [6.07, 6.45) is 2.90. The standard InChI is InChI=1S/C26H26ClN3O3/c1-3-18(2)20-6-10-22(11-7-20)32-17-23-12-13-24(33-23)26(31)28-25-14-15-30(29-25)16-19-4-8-21(27)9-5-19/h4-15,18H,3,16-17H2,1-2H3,(H,28,29,31). The van der Waals surface area contributed by atoms with Gasteiger partial charge in [-0.2, -0.15) is 5.10 Å². The molecule has 2 heterocycles. The molecule has 33 heavy (non-hydrogen) atoms. The van der Waals surface area contributed by atoms with E-state index in [4.69, 9.17) is 20.8 Å². The molecule has 0 saturated carbocycles. The van der Waals surface area contributed by atoms with Gasteiger partial charge in [0.05, 0.1) is 6.54 Å². The lowest BCUT2D eigenvalue weighted by molar-refractivity contribution is 0.0992. The van der Waals surface area contributed by atoms with E-state index >= 15 is 0 Å². The van der Waals surface area contributed by atoms with Crippen LogP contribution in [0, 0.1) is 0 Å². The van der Waals surface area contributed by atoms with E-state index in [1.54, 1.807) is 29.1 Å². The van der Waals surface area contributed by atoms with Crippen LogP contribution < -0.4 is 10.1 Å². The smallest absolute Gasteiger partial charge is 0.292 e. The van der Waals surface area contributed by atoms with Crippen molar-refractivity contribution in [2.75, 3.05) is 5.32 Å². The van der Waals surface area contributed by atoms with Crippen LogP contribution in [0.1, 0.15) is 53.6 Å². The summed E-state index contributed by atoms with van der Waals surface area (Å²) in [5.74, 6) is 2.14. The molecule has 1 unspecified atom stereocenters. The summed E-state index contributed by atoms with van der Waals surface area (Å²) in [6, 6.07) is 20.7. The molecule has 1 atom stereocenters. The zero-order valence-corrected chi connectivity index (χ0v) is 19.4. The Morgan fingerprint density at radius 2 is 1.85 bits per heavy atom. The second-order valence-electron chi connectivity index (χ2n) is 7.91. The number of carbonyl (C=O) groups excluding carboxylic acids is 1. The Labute approximate surface area is 198 Å². The maximum Gasteiger partial charge on any atom is 0.292 e. The van der Waals surface area contributed by atoms with Crippen molar-refractivity contribution in [3.63, 3.8) is 0 Å². The van der Waals surface area contributed by atoms with Gasteiger partial charge in [0, 0.05) is 17.3 Å². The Balaban J connectivity index is 1.30. The number of hydrogen-bond donors (Lipinski definition) is 1. The molecular formula is C26H26ClN3O3. The van der Waals surface area contributed by atoms with Gasteiger partial charge >= 0.3 is 0 Å². The molecule has 6 nitrogen and oxygen atoms in total. The largest absolute Gasteiger partial charge is 0.486 e. The fourth-order valence-electron chi connectivity index (χ4n) is 3.33. The molecule has 0 fully saturated rings. The highest BCUT2D eigenvalue weighted by Crippen LogP contribution is 2.22. The van der Waals surface area contributed by atoms with Crippen LogP contribution in [0.15, 0.2) is 77.3 Å². The Morgan fingerprint density at radius 3 is 2.58 bits per heavy atom. The second kappa shape index (κ2) is 10.4. The first-order valence-electron chi connectivity index (χ1n) is 10.9. The predicted molar refractivity (Wildman–Crippen MR) is 129 cm³/mol. The lowest BCUT2D eigenvalue weighted by Gasteiger charge is -2.10. The van der Waals surface area contributed by atoms with Crippen LogP contribution in [0.3, 0.4) is 0 Å². The van der Waals surface area contributed by atoms with Crippen molar-refractivity contribution in [1.29, 1.82) is 0 Å². The van der Waals surface area contributed by atoms with Crippen molar-refractivity contribution < 1.29 is 13.9 Å². The van der Waals surface area contributed by atoms with Crippen molar-refractivity contribution in [3.05, 3.63) is 101 Å². The molecule has 7 heteroatoms. The first-order valence-corrected chi connectivity index (χ1v) is 11.3. The maximum absolute atomic E-state index is 12.5. The Kier molecular flexibility index (Phi) is 7.15. The van der Waals surface area contributed by atoms with Gasteiger partial charge in [-0.1, -0.05) is 49.7 Å². The fourth-order valence-corrected chi connectivity index (χ4v) is 3.46. The molecule has 0 saturated heterocycles. The van der Waals surface area contributed by atoms with Crippen LogP contribution >= 0.6 is 11.6 Å². The Hall–Kier alpha value is -3.51. The van der Waals surface area contributed by atoms with E-state index in [0.29, 0.717) is 29.1 Å². The number of anilines is 1. The van der Waals surface area contributed by atoms with Crippen molar-refractivity contribution in [2.24, 2.45) is 0 Å². The van der Waals surface area contributed by atoms with E-state index < -0.39 is 0 Å². The number of carbonyl (C=O) groups is 1. The number of halogens is 1. The number of nitrogens with zero attached hydrogens (tertiary/aromatic N) is 2. The number of ether oxygens (including phenoxy) is 1. The highest BCUT2D eigenvalue weighted by atomic mass is 35.5. The summed E-state index contributed by atoms with van der Waals surface area (Å²) >= 11 is 5.92. The molecule has 170 valence electrons. The number of furan rings is 1. The van der Waals surface area contributed by atoms with Gasteiger partial charge in [0.1, 0.15) is 18.1 Å². The average Bonchev–Trinajstić information content (AvgIpc) is 3.48. The molecule has 0 aliphatic carbocycles. The molecule has 1 N–H and O–H groups in total. The summed E-state index contributed by atoms with van der Waals surface area (Å²) < 4.78 is 13.2. The van der Waals surface area contributed by atoms with Gasteiger partial charge in [-0.3, -0.25) is 9.48 Å². The van der Waals surface area contributed by atoms with Crippen LogP contribution in [-0.4, -0.2) is 15.7 Å². The highest BCUT2D eigenvalue weighted by molar-refractivity contribution is 6.30. The molecule has 0 aliphatic rings. The topological polar surface area (TPSA) is 69.3 Å². The third-order valence-electron chi connectivity index (χ3n) is 5.47. The minimum Gasteiger partial charge on any atom is -0.486 e. The Bertz CT molecular complexity index is 1200. The number of amides is 1. The van der Waals surface area contributed by atoms with E-state index in [-0.39, 0.29) is 18.3 Å². The van der Waals surface area contributed by atoms with E-state index in [1.165, 1.54) is 5.56 Å². The second-order valence-corrected chi connectivity index (χ2v) is 8.35. The van der Waals surface area contributed by atoms with E-state index in [1.807, 2.05) is 36.4 Å². The first kappa shape index (κ1) is 22.7. The zero-order chi connectivity index (χ0) is 23.2. The van der Waals surface area contributed by atoms with Gasteiger partial charge in [-0.15, -0.1) is 0 Å². The summed E-state index contributed by atoms with van der Waals surface area (Å²) in [4.78, 5) is 12.5. The molecule has 0 spiro atoms. The summed E-state index contributed by atoms with van der Waals surface area (Å²) in [6.45, 7) is 5.20. The summed E-state index contributed by atoms with van der Waals surface area (Å²) in [5.41, 5.74) is 2.35. The third-order valence-corrected chi connectivity index (χ3v) is 5.72. The SMILES string of the molecule is CCC(C)c1ccc(OCc2ccc(C(=O)Nc3ccn(Cc4ccc(Cl)cc4)n3)o2)cc1. The molecule has 4 aromatic rings. The average molecular weight is 464 g/mol. The van der Waals surface area contributed by atoms with Crippen LogP contribution in [0.4, 0.5) is 5.82 Å². The van der Waals surface area contributed by atoms with Gasteiger partial charge < -0.3 is 14.5 Å². The molecular weight excluding hydrogens is 438 g/mol. The Morgan fingerprint density at radius 1 is 1.09 bits per heavy atom. The van der Waals surface area contributed by atoms with Crippen molar-refractivity contribution in [2.45, 2.75) is 39.3 Å². The molecule has 2 aromatic heterocycles. The van der Waals surface area contributed by atoms with Crippen molar-refractivity contribution >= 4 is 23.3 Å². The molecule has 2 aromatic carbocycles. The van der Waals surface area contributed by atoms with E-state index in [0.717, 1.165) is 17.7 Å². The minimum atomic E-state index is -0.365. The lowest BCUT2D eigenvalue weighted by atomic mass is 9.99. The van der Waals surface area contributed by atoms with Gasteiger partial charge in [0.25, 0.3) is 5.91 Å². The van der Waals surface area contributed by atoms with E-state index in [9.17, 15) is 4.79 Å². The molecule has 4 rings (SSSR count). The predicted octanol–water partition coefficient (Wildman–Crippen LogP) is 6.52. The number of rotatable bonds is 9. The van der Waals surface area contributed by atoms with Gasteiger partial charge in [0.2, 0.25) is 0 Å². The molecule has 0 aliphatic heterocycles. The number of aromatic nitrogens is 2. The molecule has 0 bridgehead atoms. The number of nitrogens with one attached hydrogen (secondary N) is 1. The first-order chi connectivity index (χ1) is 16.0. The lowest BCUT2D eigenvalue weighted by Crippen LogP contribution is -2.12. The monoisotopic (exact) mass is 463 g/mol. The molecule has 0 radical (unpaired) electrons. The number of hydrogen-bond acceptors (Lipinski definition) is 4. The minimum absolute atomic E-state index is 0.202. The fraction of sp³-hybridized carbons (Fsp3) is 0.231. The van der Waals surface area contributed by atoms with E-state index in [2.05, 4.69) is 36.4 Å². The normalized spacial score (nSPS) is 11.8. The quantitative estimate of drug-likeness (QED) is 0.306. The van der Waals surface area contributed by atoms with Gasteiger partial charge in [-0.25, -0.2) is 0 Å².